The van der Waals surface area contributed by atoms with Crippen LogP contribution in [0.1, 0.15) is 36.0 Å². The van der Waals surface area contributed by atoms with Gasteiger partial charge in [-0.2, -0.15) is 5.26 Å². The number of benzene rings is 1. The zero-order valence-electron chi connectivity index (χ0n) is 13.5. The van der Waals surface area contributed by atoms with Crippen molar-refractivity contribution in [3.63, 3.8) is 0 Å². The van der Waals surface area contributed by atoms with E-state index in [0.717, 1.165) is 33.2 Å². The first kappa shape index (κ1) is 17.0. The molecule has 2 heterocycles. The maximum Gasteiger partial charge on any atom is 0.124 e. The number of aliphatic imine (C=N–C) groups is 1. The van der Waals surface area contributed by atoms with Crippen molar-refractivity contribution < 1.29 is 4.39 Å². The summed E-state index contributed by atoms with van der Waals surface area (Å²) in [6, 6.07) is 6.97. The van der Waals surface area contributed by atoms with E-state index >= 15 is 0 Å². The van der Waals surface area contributed by atoms with Gasteiger partial charge in [-0.15, -0.1) is 11.3 Å². The smallest absolute Gasteiger partial charge is 0.124 e. The second-order valence-electron chi connectivity index (χ2n) is 5.80. The van der Waals surface area contributed by atoms with Crippen molar-refractivity contribution in [3.8, 4) is 6.07 Å². The quantitative estimate of drug-likeness (QED) is 0.665. The standard InChI is InChI=1S/C18H15BrFN3S/c1-9-8-24-18(22-9)16-11(3)23-10(2)14(7-21)17(16)13-5-4-12(20)6-15(13)19/h4-6,8,14,17H,1-3H3. The van der Waals surface area contributed by atoms with Crippen LogP contribution in [0, 0.1) is 30.0 Å². The topological polar surface area (TPSA) is 49.0 Å². The Balaban J connectivity index is 2.25. The Bertz CT molecular complexity index is 907. The molecule has 2 atom stereocenters. The lowest BCUT2D eigenvalue weighted by molar-refractivity contribution is 0.624. The number of nitrogens with zero attached hydrogens (tertiary/aromatic N) is 3. The number of aryl methyl sites for hydroxylation is 1. The number of thiazole rings is 1. The van der Waals surface area contributed by atoms with Crippen LogP contribution in [0.15, 0.2) is 38.7 Å². The lowest BCUT2D eigenvalue weighted by Gasteiger charge is -2.30. The van der Waals surface area contributed by atoms with Gasteiger partial charge in [0.2, 0.25) is 0 Å². The van der Waals surface area contributed by atoms with E-state index in [1.54, 1.807) is 17.4 Å². The van der Waals surface area contributed by atoms with Crippen LogP contribution in [0.5, 0.6) is 0 Å². The highest BCUT2D eigenvalue weighted by Gasteiger charge is 2.36. The Morgan fingerprint density at radius 1 is 1.29 bits per heavy atom. The van der Waals surface area contributed by atoms with Crippen molar-refractivity contribution in [1.82, 2.24) is 4.98 Å². The third kappa shape index (κ3) is 2.94. The third-order valence-corrected chi connectivity index (χ3v) is 5.79. The van der Waals surface area contributed by atoms with E-state index in [4.69, 9.17) is 0 Å². The molecule has 1 aliphatic heterocycles. The molecule has 0 amide bonds. The van der Waals surface area contributed by atoms with Gasteiger partial charge in [0, 0.05) is 38.4 Å². The summed E-state index contributed by atoms with van der Waals surface area (Å²) in [4.78, 5) is 9.17. The number of rotatable bonds is 2. The van der Waals surface area contributed by atoms with Crippen LogP contribution >= 0.6 is 27.3 Å². The minimum absolute atomic E-state index is 0.229. The maximum atomic E-state index is 13.5. The highest BCUT2D eigenvalue weighted by atomic mass is 79.9. The molecule has 1 aromatic carbocycles. The predicted molar refractivity (Wildman–Crippen MR) is 98.5 cm³/mol. The van der Waals surface area contributed by atoms with Gasteiger partial charge in [0.15, 0.2) is 0 Å². The molecule has 1 aromatic heterocycles. The molecule has 0 aliphatic carbocycles. The van der Waals surface area contributed by atoms with Gasteiger partial charge >= 0.3 is 0 Å². The molecule has 0 bridgehead atoms. The van der Waals surface area contributed by atoms with Crippen LogP contribution in [-0.4, -0.2) is 10.7 Å². The Morgan fingerprint density at radius 3 is 2.62 bits per heavy atom. The van der Waals surface area contributed by atoms with Crippen molar-refractivity contribution in [2.24, 2.45) is 10.9 Å². The molecular formula is C18H15BrFN3S. The number of allylic oxidation sites excluding steroid dienone is 2. The number of aromatic nitrogens is 1. The molecule has 3 nitrogen and oxygen atoms in total. The van der Waals surface area contributed by atoms with E-state index in [0.29, 0.717) is 4.47 Å². The fourth-order valence-electron chi connectivity index (χ4n) is 3.05. The van der Waals surface area contributed by atoms with E-state index in [-0.39, 0.29) is 11.7 Å². The summed E-state index contributed by atoms with van der Waals surface area (Å²) in [6.07, 6.45) is 0. The van der Waals surface area contributed by atoms with Gasteiger partial charge in [-0.1, -0.05) is 22.0 Å². The van der Waals surface area contributed by atoms with Crippen molar-refractivity contribution in [2.45, 2.75) is 26.7 Å². The highest BCUT2D eigenvalue weighted by molar-refractivity contribution is 9.10. The molecule has 24 heavy (non-hydrogen) atoms. The van der Waals surface area contributed by atoms with Gasteiger partial charge < -0.3 is 0 Å². The third-order valence-electron chi connectivity index (χ3n) is 4.11. The number of hydrogen-bond acceptors (Lipinski definition) is 4. The van der Waals surface area contributed by atoms with Crippen LogP contribution < -0.4 is 0 Å². The zero-order valence-corrected chi connectivity index (χ0v) is 15.9. The van der Waals surface area contributed by atoms with Gasteiger partial charge in [-0.25, -0.2) is 9.37 Å². The summed E-state index contributed by atoms with van der Waals surface area (Å²) in [7, 11) is 0. The van der Waals surface area contributed by atoms with E-state index in [1.807, 2.05) is 26.2 Å². The molecule has 0 saturated heterocycles. The monoisotopic (exact) mass is 403 g/mol. The molecule has 2 unspecified atom stereocenters. The van der Waals surface area contributed by atoms with E-state index in [9.17, 15) is 9.65 Å². The maximum absolute atomic E-state index is 13.5. The molecule has 3 rings (SSSR count). The van der Waals surface area contributed by atoms with Gasteiger partial charge in [0.25, 0.3) is 0 Å². The van der Waals surface area contributed by atoms with Crippen LogP contribution in [0.2, 0.25) is 0 Å². The van der Waals surface area contributed by atoms with Crippen LogP contribution in [0.3, 0.4) is 0 Å². The fraction of sp³-hybridized carbons (Fsp3) is 0.278. The Hall–Kier alpha value is -1.84. The van der Waals surface area contributed by atoms with Crippen molar-refractivity contribution >= 4 is 38.6 Å². The summed E-state index contributed by atoms with van der Waals surface area (Å²) in [5.41, 5.74) is 4.38. The molecule has 0 spiro atoms. The van der Waals surface area contributed by atoms with Crippen molar-refractivity contribution in [1.29, 1.82) is 5.26 Å². The molecule has 1 aliphatic rings. The summed E-state index contributed by atoms with van der Waals surface area (Å²) >= 11 is 5.00. The molecule has 0 saturated carbocycles. The largest absolute Gasteiger partial charge is 0.261 e. The first-order valence-corrected chi connectivity index (χ1v) is 9.12. The summed E-state index contributed by atoms with van der Waals surface area (Å²) in [5.74, 6) is -0.949. The number of halogens is 2. The first-order chi connectivity index (χ1) is 11.4. The zero-order chi connectivity index (χ0) is 17.4. The first-order valence-electron chi connectivity index (χ1n) is 7.45. The van der Waals surface area contributed by atoms with Crippen LogP contribution in [0.25, 0.3) is 5.57 Å². The normalized spacial score (nSPS) is 20.8. The lowest BCUT2D eigenvalue weighted by atomic mass is 9.76. The molecular weight excluding hydrogens is 389 g/mol. The SMILES string of the molecule is CC1=NC(C)=C(c2nc(C)cs2)C(c2ccc(F)cc2Br)C1C#N. The van der Waals surface area contributed by atoms with Gasteiger partial charge in [0.1, 0.15) is 10.8 Å². The minimum atomic E-state index is -0.408. The van der Waals surface area contributed by atoms with E-state index in [1.165, 1.54) is 12.1 Å². The predicted octanol–water partition coefficient (Wildman–Crippen LogP) is 5.48. The molecule has 2 aromatic rings. The Labute approximate surface area is 152 Å². The van der Waals surface area contributed by atoms with Crippen LogP contribution in [0.4, 0.5) is 4.39 Å². The molecule has 0 radical (unpaired) electrons. The lowest BCUT2D eigenvalue weighted by Crippen LogP contribution is -2.25. The molecule has 0 fully saturated rings. The second-order valence-corrected chi connectivity index (χ2v) is 7.51. The molecule has 122 valence electrons. The second kappa shape index (κ2) is 6.58. The average molecular weight is 404 g/mol. The van der Waals surface area contributed by atoms with Gasteiger partial charge in [-0.05, 0) is 38.5 Å². The molecule has 0 N–H and O–H groups in total. The van der Waals surface area contributed by atoms with E-state index in [2.05, 4.69) is 32.0 Å². The van der Waals surface area contributed by atoms with Gasteiger partial charge in [-0.3, -0.25) is 4.99 Å². The van der Waals surface area contributed by atoms with Crippen molar-refractivity contribution in [2.75, 3.05) is 0 Å². The molecule has 6 heteroatoms. The average Bonchev–Trinajstić information content (AvgIpc) is 2.93. The van der Waals surface area contributed by atoms with Gasteiger partial charge in [0.05, 0.1) is 12.0 Å². The fourth-order valence-corrected chi connectivity index (χ4v) is 4.58. The number of nitriles is 1. The summed E-state index contributed by atoms with van der Waals surface area (Å²) < 4.78 is 14.2. The summed E-state index contributed by atoms with van der Waals surface area (Å²) in [5, 5.41) is 12.6. The van der Waals surface area contributed by atoms with E-state index < -0.39 is 5.92 Å². The van der Waals surface area contributed by atoms with Crippen LogP contribution in [-0.2, 0) is 0 Å². The Kier molecular flexibility index (Phi) is 4.66. The Morgan fingerprint density at radius 2 is 2.04 bits per heavy atom. The highest BCUT2D eigenvalue weighted by Crippen LogP contribution is 2.46. The number of hydrogen-bond donors (Lipinski definition) is 0. The minimum Gasteiger partial charge on any atom is -0.261 e. The summed E-state index contributed by atoms with van der Waals surface area (Å²) in [6.45, 7) is 5.75. The van der Waals surface area contributed by atoms with Crippen molar-refractivity contribution in [3.05, 3.63) is 55.8 Å².